The molecule has 0 spiro atoms. The van der Waals surface area contributed by atoms with E-state index in [2.05, 4.69) is 52.2 Å². The van der Waals surface area contributed by atoms with Gasteiger partial charge in [0.25, 0.3) is 0 Å². The quantitative estimate of drug-likeness (QED) is 0.924. The van der Waals surface area contributed by atoms with Crippen molar-refractivity contribution in [1.82, 2.24) is 5.32 Å². The lowest BCUT2D eigenvalue weighted by Crippen LogP contribution is -2.25. The van der Waals surface area contributed by atoms with Gasteiger partial charge in [0.05, 0.1) is 6.54 Å². The fourth-order valence-corrected chi connectivity index (χ4v) is 2.50. The van der Waals surface area contributed by atoms with Crippen LogP contribution in [0.15, 0.2) is 21.6 Å². The van der Waals surface area contributed by atoms with Crippen LogP contribution < -0.4 is 10.1 Å². The molecule has 1 aromatic carbocycles. The summed E-state index contributed by atoms with van der Waals surface area (Å²) in [6.07, 6.45) is 0. The zero-order valence-corrected chi connectivity index (χ0v) is 11.1. The van der Waals surface area contributed by atoms with Crippen molar-refractivity contribution in [3.05, 3.63) is 27.7 Å². The summed E-state index contributed by atoms with van der Waals surface area (Å²) in [5.74, 6) is 1.90. The fraction of sp³-hybridized carbons (Fsp3) is 0.417. The first-order valence-corrected chi connectivity index (χ1v) is 6.13. The molecule has 0 fully saturated rings. The average molecular weight is 283 g/mol. The molecule has 3 nitrogen and oxygen atoms in total. The van der Waals surface area contributed by atoms with Gasteiger partial charge in [0.2, 0.25) is 0 Å². The number of aryl methyl sites for hydroxylation is 2. The van der Waals surface area contributed by atoms with Gasteiger partial charge in [-0.2, -0.15) is 0 Å². The molecular weight excluding hydrogens is 268 g/mol. The second-order valence-electron chi connectivity index (χ2n) is 3.91. The highest BCUT2D eigenvalue weighted by molar-refractivity contribution is 9.10. The van der Waals surface area contributed by atoms with Gasteiger partial charge in [-0.1, -0.05) is 15.9 Å². The van der Waals surface area contributed by atoms with E-state index in [0.717, 1.165) is 40.3 Å². The lowest BCUT2D eigenvalue weighted by molar-refractivity contribution is 0.368. The highest BCUT2D eigenvalue weighted by Gasteiger charge is 2.09. The molecule has 86 valence electrons. The third-order valence-electron chi connectivity index (χ3n) is 2.52. The van der Waals surface area contributed by atoms with Crippen molar-refractivity contribution in [2.75, 3.05) is 19.7 Å². The molecule has 1 aliphatic heterocycles. The standard InChI is InChI=1S/C12H15BrN2O/c1-8-5-10(13)6-9(2)12(8)16-7-11-14-3-4-15-11/h5-6H,3-4,7H2,1-2H3,(H,14,15). The Morgan fingerprint density at radius 2 is 2.06 bits per heavy atom. The fourth-order valence-electron chi connectivity index (χ4n) is 1.81. The summed E-state index contributed by atoms with van der Waals surface area (Å²) in [5.41, 5.74) is 2.29. The van der Waals surface area contributed by atoms with Crippen LogP contribution in [0.2, 0.25) is 0 Å². The van der Waals surface area contributed by atoms with Crippen molar-refractivity contribution in [2.24, 2.45) is 4.99 Å². The number of hydrogen-bond acceptors (Lipinski definition) is 3. The van der Waals surface area contributed by atoms with E-state index in [0.29, 0.717) is 6.61 Å². The molecular formula is C12H15BrN2O. The Labute approximate surface area is 104 Å². The topological polar surface area (TPSA) is 33.6 Å². The number of halogens is 1. The second-order valence-corrected chi connectivity index (χ2v) is 4.83. The second kappa shape index (κ2) is 4.87. The van der Waals surface area contributed by atoms with Crippen LogP contribution in [0.5, 0.6) is 5.75 Å². The zero-order chi connectivity index (χ0) is 11.5. The Kier molecular flexibility index (Phi) is 3.49. The first-order valence-electron chi connectivity index (χ1n) is 5.33. The van der Waals surface area contributed by atoms with E-state index in [9.17, 15) is 0 Å². The summed E-state index contributed by atoms with van der Waals surface area (Å²) in [5, 5.41) is 3.19. The summed E-state index contributed by atoms with van der Waals surface area (Å²) in [6, 6.07) is 4.12. The number of hydrogen-bond donors (Lipinski definition) is 1. The average Bonchev–Trinajstić information content (AvgIpc) is 2.68. The highest BCUT2D eigenvalue weighted by atomic mass is 79.9. The predicted molar refractivity (Wildman–Crippen MR) is 69.4 cm³/mol. The molecule has 4 heteroatoms. The summed E-state index contributed by atoms with van der Waals surface area (Å²) in [7, 11) is 0. The van der Waals surface area contributed by atoms with E-state index in [1.807, 2.05) is 0 Å². The summed E-state index contributed by atoms with van der Waals surface area (Å²) in [6.45, 7) is 6.42. The minimum atomic E-state index is 0.531. The maximum atomic E-state index is 5.79. The van der Waals surface area contributed by atoms with Gasteiger partial charge < -0.3 is 10.1 Å². The van der Waals surface area contributed by atoms with Gasteiger partial charge in [-0.3, -0.25) is 4.99 Å². The van der Waals surface area contributed by atoms with Crippen molar-refractivity contribution < 1.29 is 4.74 Å². The van der Waals surface area contributed by atoms with E-state index < -0.39 is 0 Å². The minimum Gasteiger partial charge on any atom is -0.485 e. The molecule has 0 amide bonds. The molecule has 0 saturated heterocycles. The van der Waals surface area contributed by atoms with Crippen LogP contribution in [-0.4, -0.2) is 25.5 Å². The van der Waals surface area contributed by atoms with Crippen molar-refractivity contribution in [3.63, 3.8) is 0 Å². The number of amidine groups is 1. The van der Waals surface area contributed by atoms with Gasteiger partial charge in [0.15, 0.2) is 0 Å². The summed E-state index contributed by atoms with van der Waals surface area (Å²) in [4.78, 5) is 4.30. The molecule has 0 atom stereocenters. The third-order valence-corrected chi connectivity index (χ3v) is 2.98. The van der Waals surface area contributed by atoms with Gasteiger partial charge in [0, 0.05) is 11.0 Å². The first-order chi connectivity index (χ1) is 7.66. The van der Waals surface area contributed by atoms with Crippen LogP contribution in [0.4, 0.5) is 0 Å². The number of nitrogens with zero attached hydrogens (tertiary/aromatic N) is 1. The van der Waals surface area contributed by atoms with Crippen molar-refractivity contribution in [2.45, 2.75) is 13.8 Å². The lowest BCUT2D eigenvalue weighted by Gasteiger charge is -2.12. The molecule has 0 saturated carbocycles. The molecule has 1 aliphatic rings. The minimum absolute atomic E-state index is 0.531. The molecule has 0 bridgehead atoms. The summed E-state index contributed by atoms with van der Waals surface area (Å²) >= 11 is 3.47. The van der Waals surface area contributed by atoms with Crippen LogP contribution >= 0.6 is 15.9 Å². The highest BCUT2D eigenvalue weighted by Crippen LogP contribution is 2.27. The first kappa shape index (κ1) is 11.5. The number of rotatable bonds is 3. The van der Waals surface area contributed by atoms with Gasteiger partial charge in [-0.05, 0) is 37.1 Å². The van der Waals surface area contributed by atoms with E-state index in [4.69, 9.17) is 4.74 Å². The summed E-state index contributed by atoms with van der Waals surface area (Å²) < 4.78 is 6.88. The van der Waals surface area contributed by atoms with Crippen molar-refractivity contribution in [1.29, 1.82) is 0 Å². The van der Waals surface area contributed by atoms with Crippen LogP contribution in [0.1, 0.15) is 11.1 Å². The van der Waals surface area contributed by atoms with Crippen LogP contribution in [0, 0.1) is 13.8 Å². The van der Waals surface area contributed by atoms with E-state index in [-0.39, 0.29) is 0 Å². The Bertz CT molecular complexity index is 406. The SMILES string of the molecule is Cc1cc(Br)cc(C)c1OCC1=NCCN1. The zero-order valence-electron chi connectivity index (χ0n) is 9.51. The molecule has 0 radical (unpaired) electrons. The molecule has 0 aliphatic carbocycles. The number of nitrogens with one attached hydrogen (secondary N) is 1. The maximum absolute atomic E-state index is 5.79. The Morgan fingerprint density at radius 1 is 1.38 bits per heavy atom. The van der Waals surface area contributed by atoms with E-state index in [1.165, 1.54) is 0 Å². The molecule has 1 aromatic rings. The number of ether oxygens (including phenoxy) is 1. The molecule has 0 unspecified atom stereocenters. The van der Waals surface area contributed by atoms with Crippen LogP contribution in [-0.2, 0) is 0 Å². The van der Waals surface area contributed by atoms with Gasteiger partial charge in [0.1, 0.15) is 18.2 Å². The largest absolute Gasteiger partial charge is 0.485 e. The molecule has 0 aromatic heterocycles. The lowest BCUT2D eigenvalue weighted by atomic mass is 10.1. The number of benzene rings is 1. The van der Waals surface area contributed by atoms with Gasteiger partial charge >= 0.3 is 0 Å². The van der Waals surface area contributed by atoms with Crippen LogP contribution in [0.3, 0.4) is 0 Å². The van der Waals surface area contributed by atoms with Crippen molar-refractivity contribution >= 4 is 21.8 Å². The van der Waals surface area contributed by atoms with Gasteiger partial charge in [-0.15, -0.1) is 0 Å². The maximum Gasteiger partial charge on any atom is 0.145 e. The van der Waals surface area contributed by atoms with E-state index >= 15 is 0 Å². The molecule has 1 heterocycles. The normalized spacial score (nSPS) is 14.6. The monoisotopic (exact) mass is 282 g/mol. The van der Waals surface area contributed by atoms with E-state index in [1.54, 1.807) is 0 Å². The number of aliphatic imine (C=N–C) groups is 1. The Hall–Kier alpha value is -1.03. The Balaban J connectivity index is 2.09. The third kappa shape index (κ3) is 2.55. The van der Waals surface area contributed by atoms with Crippen molar-refractivity contribution in [3.8, 4) is 5.75 Å². The van der Waals surface area contributed by atoms with Gasteiger partial charge in [-0.25, -0.2) is 0 Å². The Morgan fingerprint density at radius 3 is 2.62 bits per heavy atom. The smallest absolute Gasteiger partial charge is 0.145 e. The molecule has 1 N–H and O–H groups in total. The van der Waals surface area contributed by atoms with Crippen LogP contribution in [0.25, 0.3) is 0 Å². The molecule has 16 heavy (non-hydrogen) atoms. The molecule has 2 rings (SSSR count). The predicted octanol–water partition coefficient (Wildman–Crippen LogP) is 2.45.